The third-order valence-corrected chi connectivity index (χ3v) is 4.22. The summed E-state index contributed by atoms with van der Waals surface area (Å²) in [4.78, 5) is 29.2. The van der Waals surface area contributed by atoms with Crippen molar-refractivity contribution in [3.63, 3.8) is 0 Å². The van der Waals surface area contributed by atoms with Gasteiger partial charge in [-0.3, -0.25) is 9.59 Å². The van der Waals surface area contributed by atoms with Crippen LogP contribution in [0.3, 0.4) is 0 Å². The second-order valence-corrected chi connectivity index (χ2v) is 6.91. The van der Waals surface area contributed by atoms with Crippen LogP contribution >= 0.6 is 0 Å². The van der Waals surface area contributed by atoms with Gasteiger partial charge < -0.3 is 15.1 Å². The molecule has 8 heteroatoms. The largest absolute Gasteiger partial charge is 0.459 e. The Hall–Kier alpha value is -3.42. The van der Waals surface area contributed by atoms with Crippen LogP contribution < -0.4 is 10.6 Å². The third kappa shape index (κ3) is 4.28. The van der Waals surface area contributed by atoms with Crippen molar-refractivity contribution in [3.05, 3.63) is 59.9 Å². The first-order valence-electron chi connectivity index (χ1n) is 9.00. The second kappa shape index (κ2) is 8.08. The molecule has 0 radical (unpaired) electrons. The molecule has 3 aromatic heterocycles. The number of aromatic nitrogens is 3. The molecule has 3 aromatic rings. The van der Waals surface area contributed by atoms with Gasteiger partial charge in [0.25, 0.3) is 5.91 Å². The number of amides is 2. The quantitative estimate of drug-likeness (QED) is 0.684. The maximum absolute atomic E-state index is 12.7. The van der Waals surface area contributed by atoms with E-state index < -0.39 is 11.9 Å². The first-order chi connectivity index (χ1) is 13.3. The van der Waals surface area contributed by atoms with E-state index >= 15 is 0 Å². The number of anilines is 1. The molecule has 0 saturated heterocycles. The van der Waals surface area contributed by atoms with Gasteiger partial charge in [0.1, 0.15) is 6.04 Å². The van der Waals surface area contributed by atoms with E-state index in [1.807, 2.05) is 33.8 Å². The molecule has 28 heavy (non-hydrogen) atoms. The Balaban J connectivity index is 1.69. The summed E-state index contributed by atoms with van der Waals surface area (Å²) in [6.45, 7) is 7.58. The molecule has 0 aliphatic rings. The van der Waals surface area contributed by atoms with E-state index in [0.717, 1.165) is 11.4 Å². The maximum Gasteiger partial charge on any atom is 0.287 e. The highest BCUT2D eigenvalue weighted by Crippen LogP contribution is 2.14. The van der Waals surface area contributed by atoms with Gasteiger partial charge in [-0.15, -0.1) is 0 Å². The van der Waals surface area contributed by atoms with E-state index in [1.54, 1.807) is 35.1 Å². The zero-order valence-electron chi connectivity index (χ0n) is 16.3. The Morgan fingerprint density at radius 3 is 2.50 bits per heavy atom. The van der Waals surface area contributed by atoms with Gasteiger partial charge in [-0.25, -0.2) is 9.67 Å². The SMILES string of the molecule is Cc1cc(C)n(-c2ccc(NC(=O)C(NC(=O)c3ccco3)C(C)C)cn2)n1. The Morgan fingerprint density at radius 2 is 1.96 bits per heavy atom. The molecule has 0 saturated carbocycles. The zero-order valence-corrected chi connectivity index (χ0v) is 16.3. The van der Waals surface area contributed by atoms with Gasteiger partial charge in [0.2, 0.25) is 5.91 Å². The number of hydrogen-bond acceptors (Lipinski definition) is 5. The summed E-state index contributed by atoms with van der Waals surface area (Å²) in [7, 11) is 0. The summed E-state index contributed by atoms with van der Waals surface area (Å²) in [5.74, 6) is -0.0437. The normalized spacial score (nSPS) is 12.0. The summed E-state index contributed by atoms with van der Waals surface area (Å²) in [5, 5.41) is 9.89. The number of rotatable bonds is 6. The lowest BCUT2D eigenvalue weighted by molar-refractivity contribution is -0.118. The molecule has 0 aromatic carbocycles. The van der Waals surface area contributed by atoms with Gasteiger partial charge in [0.15, 0.2) is 11.6 Å². The number of pyridine rings is 1. The maximum atomic E-state index is 12.7. The fourth-order valence-electron chi connectivity index (χ4n) is 2.82. The standard InChI is InChI=1S/C20H23N5O3/c1-12(2)18(23-19(26)16-6-5-9-28-16)20(27)22-15-7-8-17(21-11-15)25-14(4)10-13(3)24-25/h5-12,18H,1-4H3,(H,22,27)(H,23,26). The van der Waals surface area contributed by atoms with Crippen LogP contribution in [0.25, 0.3) is 5.82 Å². The minimum atomic E-state index is -0.715. The average Bonchev–Trinajstić information content (AvgIpc) is 3.29. The monoisotopic (exact) mass is 381 g/mol. The number of carbonyl (C=O) groups is 2. The molecule has 0 aliphatic heterocycles. The van der Waals surface area contributed by atoms with E-state index in [2.05, 4.69) is 20.7 Å². The predicted molar refractivity (Wildman–Crippen MR) is 104 cm³/mol. The van der Waals surface area contributed by atoms with Crippen LogP contribution in [0.2, 0.25) is 0 Å². The van der Waals surface area contributed by atoms with Crippen LogP contribution in [-0.2, 0) is 4.79 Å². The number of nitrogens with one attached hydrogen (secondary N) is 2. The van der Waals surface area contributed by atoms with Gasteiger partial charge in [-0.05, 0) is 50.1 Å². The number of furan rings is 1. The van der Waals surface area contributed by atoms with Crippen LogP contribution in [0.5, 0.6) is 0 Å². The number of aryl methyl sites for hydroxylation is 2. The van der Waals surface area contributed by atoms with Crippen LogP contribution in [0.4, 0.5) is 5.69 Å². The lowest BCUT2D eigenvalue weighted by Crippen LogP contribution is -2.47. The van der Waals surface area contributed by atoms with Crippen molar-refractivity contribution in [1.82, 2.24) is 20.1 Å². The first kappa shape index (κ1) is 19.3. The molecule has 3 rings (SSSR count). The Labute approximate surface area is 163 Å². The van der Waals surface area contributed by atoms with Crippen molar-refractivity contribution in [1.29, 1.82) is 0 Å². The predicted octanol–water partition coefficient (Wildman–Crippen LogP) is 2.87. The number of carbonyl (C=O) groups excluding carboxylic acids is 2. The van der Waals surface area contributed by atoms with Crippen LogP contribution in [0, 0.1) is 19.8 Å². The molecule has 3 heterocycles. The summed E-state index contributed by atoms with van der Waals surface area (Å²) in [5.41, 5.74) is 2.42. The fraction of sp³-hybridized carbons (Fsp3) is 0.300. The van der Waals surface area contributed by atoms with Crippen molar-refractivity contribution in [2.45, 2.75) is 33.7 Å². The third-order valence-electron chi connectivity index (χ3n) is 4.22. The molecule has 0 bridgehead atoms. The van der Waals surface area contributed by atoms with Crippen molar-refractivity contribution < 1.29 is 14.0 Å². The molecule has 146 valence electrons. The molecular formula is C20H23N5O3. The van der Waals surface area contributed by atoms with Crippen molar-refractivity contribution in [3.8, 4) is 5.82 Å². The minimum Gasteiger partial charge on any atom is -0.459 e. The molecular weight excluding hydrogens is 358 g/mol. The summed E-state index contributed by atoms with van der Waals surface area (Å²) in [6.07, 6.45) is 2.98. The minimum absolute atomic E-state index is 0.110. The van der Waals surface area contributed by atoms with E-state index in [0.29, 0.717) is 11.5 Å². The highest BCUT2D eigenvalue weighted by Gasteiger charge is 2.25. The summed E-state index contributed by atoms with van der Waals surface area (Å²) < 4.78 is 6.82. The van der Waals surface area contributed by atoms with Crippen molar-refractivity contribution in [2.24, 2.45) is 5.92 Å². The first-order valence-corrected chi connectivity index (χ1v) is 9.00. The zero-order chi connectivity index (χ0) is 20.3. The van der Waals surface area contributed by atoms with E-state index in [4.69, 9.17) is 4.42 Å². The second-order valence-electron chi connectivity index (χ2n) is 6.91. The van der Waals surface area contributed by atoms with Crippen LogP contribution in [0.15, 0.2) is 47.2 Å². The van der Waals surface area contributed by atoms with Gasteiger partial charge in [0.05, 0.1) is 23.8 Å². The van der Waals surface area contributed by atoms with Crippen LogP contribution in [-0.4, -0.2) is 32.6 Å². The van der Waals surface area contributed by atoms with Gasteiger partial charge in [-0.1, -0.05) is 13.8 Å². The molecule has 0 fully saturated rings. The Morgan fingerprint density at radius 1 is 1.18 bits per heavy atom. The van der Waals surface area contributed by atoms with Gasteiger partial charge in [0, 0.05) is 5.69 Å². The van der Waals surface area contributed by atoms with Gasteiger partial charge >= 0.3 is 0 Å². The van der Waals surface area contributed by atoms with Gasteiger partial charge in [-0.2, -0.15) is 5.10 Å². The molecule has 1 atom stereocenters. The Bertz CT molecular complexity index is 958. The summed E-state index contributed by atoms with van der Waals surface area (Å²) >= 11 is 0. The molecule has 0 spiro atoms. The summed E-state index contributed by atoms with van der Waals surface area (Å²) in [6, 6.07) is 7.95. The van der Waals surface area contributed by atoms with Crippen LogP contribution in [0.1, 0.15) is 35.8 Å². The molecule has 1 unspecified atom stereocenters. The van der Waals surface area contributed by atoms with E-state index in [9.17, 15) is 9.59 Å². The fourth-order valence-corrected chi connectivity index (χ4v) is 2.82. The smallest absolute Gasteiger partial charge is 0.287 e. The molecule has 0 aliphatic carbocycles. The molecule has 2 amide bonds. The lowest BCUT2D eigenvalue weighted by atomic mass is 10.0. The number of hydrogen-bond donors (Lipinski definition) is 2. The molecule has 8 nitrogen and oxygen atoms in total. The van der Waals surface area contributed by atoms with E-state index in [1.165, 1.54) is 6.26 Å². The van der Waals surface area contributed by atoms with E-state index in [-0.39, 0.29) is 17.6 Å². The Kier molecular flexibility index (Phi) is 5.58. The highest BCUT2D eigenvalue weighted by atomic mass is 16.3. The molecule has 2 N–H and O–H groups in total. The average molecular weight is 381 g/mol. The van der Waals surface area contributed by atoms with Crippen molar-refractivity contribution >= 4 is 17.5 Å². The number of nitrogens with zero attached hydrogens (tertiary/aromatic N) is 3. The topological polar surface area (TPSA) is 102 Å². The lowest BCUT2D eigenvalue weighted by Gasteiger charge is -2.21. The highest BCUT2D eigenvalue weighted by molar-refractivity contribution is 6.00. The van der Waals surface area contributed by atoms with Crippen molar-refractivity contribution in [2.75, 3.05) is 5.32 Å².